The molecule has 1 atom stereocenters. The van der Waals surface area contributed by atoms with E-state index in [0.29, 0.717) is 0 Å². The minimum atomic E-state index is -2.44. The van der Waals surface area contributed by atoms with E-state index in [4.69, 9.17) is 16.5 Å². The summed E-state index contributed by atoms with van der Waals surface area (Å²) in [5.74, 6) is 0.252. The SMILES string of the molecule is O=[P+](O)OCCCl. The first-order valence-corrected chi connectivity index (χ1v) is 3.29. The van der Waals surface area contributed by atoms with Crippen LogP contribution in [-0.2, 0) is 9.09 Å². The summed E-state index contributed by atoms with van der Waals surface area (Å²) in [6, 6.07) is 0. The highest BCUT2D eigenvalue weighted by molar-refractivity contribution is 7.32. The Bertz CT molecular complexity index is 66.0. The summed E-state index contributed by atoms with van der Waals surface area (Å²) in [5, 5.41) is 0. The van der Waals surface area contributed by atoms with Crippen LogP contribution >= 0.6 is 19.9 Å². The molecule has 0 aliphatic heterocycles. The number of halogens is 1. The highest BCUT2D eigenvalue weighted by Gasteiger charge is 2.08. The third kappa shape index (κ3) is 6.31. The first-order chi connectivity index (χ1) is 3.27. The van der Waals surface area contributed by atoms with Crippen molar-refractivity contribution in [3.8, 4) is 0 Å². The summed E-state index contributed by atoms with van der Waals surface area (Å²) in [6.45, 7) is 0.132. The second-order valence-electron chi connectivity index (χ2n) is 0.760. The zero-order valence-electron chi connectivity index (χ0n) is 3.50. The fraction of sp³-hybridized carbons (Fsp3) is 1.00. The minimum absolute atomic E-state index is 0.132. The smallest absolute Gasteiger partial charge is 0.133 e. The molecule has 0 heterocycles. The Kier molecular flexibility index (Phi) is 4.67. The van der Waals surface area contributed by atoms with Crippen LogP contribution in [0.15, 0.2) is 0 Å². The number of rotatable bonds is 3. The van der Waals surface area contributed by atoms with Crippen LogP contribution < -0.4 is 0 Å². The summed E-state index contributed by atoms with van der Waals surface area (Å²) < 4.78 is 13.7. The first-order valence-electron chi connectivity index (χ1n) is 1.62. The maximum absolute atomic E-state index is 9.63. The van der Waals surface area contributed by atoms with Gasteiger partial charge in [0, 0.05) is 4.57 Å². The topological polar surface area (TPSA) is 46.5 Å². The summed E-state index contributed by atoms with van der Waals surface area (Å²) in [6.07, 6.45) is 0. The lowest BCUT2D eigenvalue weighted by Crippen LogP contribution is -1.84. The van der Waals surface area contributed by atoms with Crippen molar-refractivity contribution in [3.63, 3.8) is 0 Å². The third-order valence-corrected chi connectivity index (χ3v) is 0.837. The van der Waals surface area contributed by atoms with Gasteiger partial charge in [-0.15, -0.1) is 21.0 Å². The van der Waals surface area contributed by atoms with Crippen LogP contribution in [0.25, 0.3) is 0 Å². The van der Waals surface area contributed by atoms with Crippen LogP contribution in [0.2, 0.25) is 0 Å². The quantitative estimate of drug-likeness (QED) is 0.472. The second-order valence-corrected chi connectivity index (χ2v) is 1.87. The van der Waals surface area contributed by atoms with Crippen molar-refractivity contribution in [1.29, 1.82) is 0 Å². The standard InChI is InChI=1S/C2H4ClO3P/c3-1-2-6-7(4)5/h1-2H2/p+1. The first kappa shape index (κ1) is 7.31. The molecule has 1 N–H and O–H groups in total. The molecular formula is C2H5ClO3P+. The highest BCUT2D eigenvalue weighted by atomic mass is 35.5. The van der Waals surface area contributed by atoms with Crippen molar-refractivity contribution in [2.75, 3.05) is 12.5 Å². The number of hydrogen-bond acceptors (Lipinski definition) is 2. The van der Waals surface area contributed by atoms with Crippen LogP contribution in [-0.4, -0.2) is 17.4 Å². The molecule has 0 aliphatic carbocycles. The summed E-state index contributed by atoms with van der Waals surface area (Å²) in [4.78, 5) is 7.91. The van der Waals surface area contributed by atoms with Gasteiger partial charge in [-0.3, -0.25) is 0 Å². The van der Waals surface area contributed by atoms with E-state index in [1.54, 1.807) is 0 Å². The van der Waals surface area contributed by atoms with Crippen LogP contribution in [0.5, 0.6) is 0 Å². The molecule has 42 valence electrons. The molecule has 0 saturated carbocycles. The molecule has 0 fully saturated rings. The van der Waals surface area contributed by atoms with Crippen molar-refractivity contribution in [2.24, 2.45) is 0 Å². The minimum Gasteiger partial charge on any atom is -0.133 e. The van der Waals surface area contributed by atoms with Crippen molar-refractivity contribution in [2.45, 2.75) is 0 Å². The largest absolute Gasteiger partial charge is 0.694 e. The molecule has 0 rings (SSSR count). The summed E-state index contributed by atoms with van der Waals surface area (Å²) >= 11 is 5.08. The molecule has 0 aromatic carbocycles. The van der Waals surface area contributed by atoms with Crippen LogP contribution in [0.4, 0.5) is 0 Å². The van der Waals surface area contributed by atoms with Gasteiger partial charge in [0.1, 0.15) is 6.61 Å². The highest BCUT2D eigenvalue weighted by Crippen LogP contribution is 2.12. The molecule has 5 heteroatoms. The molecule has 0 spiro atoms. The maximum atomic E-state index is 9.63. The Labute approximate surface area is 47.2 Å². The number of hydrogen-bond donors (Lipinski definition) is 1. The predicted molar refractivity (Wildman–Crippen MR) is 26.5 cm³/mol. The van der Waals surface area contributed by atoms with E-state index < -0.39 is 8.25 Å². The Morgan fingerprint density at radius 2 is 2.43 bits per heavy atom. The van der Waals surface area contributed by atoms with Gasteiger partial charge in [-0.25, -0.2) is 0 Å². The summed E-state index contributed by atoms with van der Waals surface area (Å²) in [7, 11) is -2.44. The zero-order valence-corrected chi connectivity index (χ0v) is 5.15. The van der Waals surface area contributed by atoms with Gasteiger partial charge >= 0.3 is 8.25 Å². The molecule has 1 unspecified atom stereocenters. The number of alkyl halides is 1. The maximum Gasteiger partial charge on any atom is 0.694 e. The van der Waals surface area contributed by atoms with E-state index in [0.717, 1.165) is 0 Å². The third-order valence-electron chi connectivity index (χ3n) is 0.279. The fourth-order valence-electron chi connectivity index (χ4n) is 0.113. The van der Waals surface area contributed by atoms with Gasteiger partial charge in [-0.05, 0) is 0 Å². The van der Waals surface area contributed by atoms with Gasteiger partial charge < -0.3 is 0 Å². The Hall–Kier alpha value is 0.310. The Morgan fingerprint density at radius 1 is 1.86 bits per heavy atom. The van der Waals surface area contributed by atoms with Crippen LogP contribution in [0, 0.1) is 0 Å². The second kappa shape index (κ2) is 4.47. The molecule has 0 aromatic heterocycles. The summed E-state index contributed by atoms with van der Waals surface area (Å²) in [5.41, 5.74) is 0. The molecule has 0 saturated heterocycles. The van der Waals surface area contributed by atoms with Crippen LogP contribution in [0.3, 0.4) is 0 Å². The van der Waals surface area contributed by atoms with Crippen molar-refractivity contribution in [1.82, 2.24) is 0 Å². The molecule has 7 heavy (non-hydrogen) atoms. The van der Waals surface area contributed by atoms with Gasteiger partial charge in [0.15, 0.2) is 0 Å². The Balaban J connectivity index is 2.82. The van der Waals surface area contributed by atoms with Gasteiger partial charge in [-0.1, -0.05) is 0 Å². The normalized spacial score (nSPS) is 11.4. The van der Waals surface area contributed by atoms with E-state index >= 15 is 0 Å². The van der Waals surface area contributed by atoms with Gasteiger partial charge in [0.25, 0.3) is 0 Å². The van der Waals surface area contributed by atoms with Gasteiger partial charge in [0.2, 0.25) is 0 Å². The van der Waals surface area contributed by atoms with Crippen molar-refractivity contribution >= 4 is 19.9 Å². The van der Waals surface area contributed by atoms with Crippen molar-refractivity contribution in [3.05, 3.63) is 0 Å². The monoisotopic (exact) mass is 143 g/mol. The fourth-order valence-corrected chi connectivity index (χ4v) is 0.545. The van der Waals surface area contributed by atoms with E-state index in [1.807, 2.05) is 0 Å². The van der Waals surface area contributed by atoms with Gasteiger partial charge in [0.05, 0.1) is 5.88 Å². The molecule has 0 radical (unpaired) electrons. The van der Waals surface area contributed by atoms with E-state index in [-0.39, 0.29) is 12.5 Å². The van der Waals surface area contributed by atoms with Crippen LogP contribution in [0.1, 0.15) is 0 Å². The molecular weight excluding hydrogens is 138 g/mol. The average Bonchev–Trinajstić information content (AvgIpc) is 1.61. The predicted octanol–water partition coefficient (Wildman–Crippen LogP) is 0.891. The molecule has 0 aromatic rings. The zero-order chi connectivity index (χ0) is 5.70. The Morgan fingerprint density at radius 3 is 2.57 bits per heavy atom. The lowest BCUT2D eigenvalue weighted by atomic mass is 10.9. The molecule has 0 aliphatic rings. The molecule has 3 nitrogen and oxygen atoms in total. The van der Waals surface area contributed by atoms with Crippen molar-refractivity contribution < 1.29 is 14.0 Å². The van der Waals surface area contributed by atoms with Gasteiger partial charge in [-0.2, -0.15) is 0 Å². The lowest BCUT2D eigenvalue weighted by Gasteiger charge is -1.75. The molecule has 0 amide bonds. The van der Waals surface area contributed by atoms with E-state index in [1.165, 1.54) is 0 Å². The average molecular weight is 143 g/mol. The van der Waals surface area contributed by atoms with E-state index in [2.05, 4.69) is 4.52 Å². The lowest BCUT2D eigenvalue weighted by molar-refractivity contribution is 0.299. The molecule has 0 bridgehead atoms. The van der Waals surface area contributed by atoms with E-state index in [9.17, 15) is 4.57 Å².